The van der Waals surface area contributed by atoms with E-state index in [1.165, 1.54) is 10.9 Å². The number of amides is 1. The van der Waals surface area contributed by atoms with Crippen LogP contribution in [0, 0.1) is 16.0 Å². The van der Waals surface area contributed by atoms with E-state index in [0.29, 0.717) is 12.8 Å². The zero-order chi connectivity index (χ0) is 15.1. The minimum Gasteiger partial charge on any atom is -0.481 e. The van der Waals surface area contributed by atoms with Crippen LogP contribution in [0.15, 0.2) is 12.4 Å². The van der Waals surface area contributed by atoms with Crippen LogP contribution in [0.5, 0.6) is 0 Å². The van der Waals surface area contributed by atoms with Crippen LogP contribution >= 0.6 is 0 Å². The third kappa shape index (κ3) is 2.24. The molecule has 112 valence electrons. The van der Waals surface area contributed by atoms with E-state index in [4.69, 9.17) is 5.11 Å². The summed E-state index contributed by atoms with van der Waals surface area (Å²) in [7, 11) is 0. The number of nitrogens with zero attached hydrogens (tertiary/aromatic N) is 4. The van der Waals surface area contributed by atoms with Gasteiger partial charge in [0.2, 0.25) is 5.91 Å². The fourth-order valence-electron chi connectivity index (χ4n) is 3.40. The van der Waals surface area contributed by atoms with Gasteiger partial charge in [-0.05, 0) is 19.3 Å². The molecule has 1 aromatic heterocycles. The van der Waals surface area contributed by atoms with Gasteiger partial charge in [-0.25, -0.2) is 0 Å². The van der Waals surface area contributed by atoms with Gasteiger partial charge in [-0.2, -0.15) is 5.10 Å². The normalized spacial score (nSPS) is 27.0. The quantitative estimate of drug-likeness (QED) is 0.628. The molecular weight excluding hydrogens is 280 g/mol. The topological polar surface area (TPSA) is 119 Å². The lowest BCUT2D eigenvalue weighted by Gasteiger charge is -2.22. The van der Waals surface area contributed by atoms with Gasteiger partial charge in [-0.3, -0.25) is 24.4 Å². The summed E-state index contributed by atoms with van der Waals surface area (Å²) in [6.45, 7) is -0.104. The van der Waals surface area contributed by atoms with Crippen molar-refractivity contribution in [1.29, 1.82) is 0 Å². The zero-order valence-corrected chi connectivity index (χ0v) is 11.1. The molecule has 2 saturated heterocycles. The number of carboxylic acids is 1. The maximum atomic E-state index is 12.3. The number of fused-ring (bicyclic) bond motifs is 2. The number of hydrogen-bond acceptors (Lipinski definition) is 5. The summed E-state index contributed by atoms with van der Waals surface area (Å²) in [5, 5.41) is 23.5. The van der Waals surface area contributed by atoms with Crippen LogP contribution in [0.25, 0.3) is 0 Å². The molecule has 1 N–H and O–H groups in total. The molecule has 9 heteroatoms. The van der Waals surface area contributed by atoms with Crippen LogP contribution in [0.2, 0.25) is 0 Å². The molecule has 3 unspecified atom stereocenters. The summed E-state index contributed by atoms with van der Waals surface area (Å²) in [6, 6.07) is -0.292. The number of rotatable bonds is 4. The van der Waals surface area contributed by atoms with Crippen molar-refractivity contribution in [3.05, 3.63) is 22.5 Å². The Balaban J connectivity index is 1.71. The molecule has 0 saturated carbocycles. The molecule has 1 amide bonds. The minimum absolute atomic E-state index is 0.0332. The lowest BCUT2D eigenvalue weighted by molar-refractivity contribution is -0.385. The molecule has 3 atom stereocenters. The predicted octanol–water partition coefficient (Wildman–Crippen LogP) is 0.255. The van der Waals surface area contributed by atoms with Crippen molar-refractivity contribution in [2.45, 2.75) is 37.9 Å². The summed E-state index contributed by atoms with van der Waals surface area (Å²) in [4.78, 5) is 35.1. The Morgan fingerprint density at radius 3 is 2.81 bits per heavy atom. The van der Waals surface area contributed by atoms with Gasteiger partial charge < -0.3 is 10.0 Å². The Morgan fingerprint density at radius 2 is 2.24 bits per heavy atom. The van der Waals surface area contributed by atoms with Gasteiger partial charge in [0.1, 0.15) is 18.9 Å². The van der Waals surface area contributed by atoms with Crippen LogP contribution in [0.1, 0.15) is 19.3 Å². The number of aliphatic carboxylic acids is 1. The first-order valence-corrected chi connectivity index (χ1v) is 6.68. The van der Waals surface area contributed by atoms with Gasteiger partial charge in [0.15, 0.2) is 0 Å². The number of carboxylic acid groups (broad SMARTS) is 1. The SMILES string of the molecule is O=C(O)C1CC2CCC1N2C(=O)Cn1cc([N+](=O)[O-])cn1. The molecule has 0 spiro atoms. The van der Waals surface area contributed by atoms with Gasteiger partial charge in [0.05, 0.1) is 10.8 Å². The van der Waals surface area contributed by atoms with E-state index < -0.39 is 16.8 Å². The molecule has 2 fully saturated rings. The Hall–Kier alpha value is -2.45. The van der Waals surface area contributed by atoms with Crippen LogP contribution in [0.3, 0.4) is 0 Å². The summed E-state index contributed by atoms with van der Waals surface area (Å²) in [5.41, 5.74) is -0.171. The van der Waals surface area contributed by atoms with Crippen LogP contribution in [-0.4, -0.2) is 48.7 Å². The fraction of sp³-hybridized carbons (Fsp3) is 0.583. The van der Waals surface area contributed by atoms with E-state index >= 15 is 0 Å². The monoisotopic (exact) mass is 294 g/mol. The molecule has 2 aliphatic rings. The van der Waals surface area contributed by atoms with E-state index in [1.54, 1.807) is 4.90 Å². The Bertz CT molecular complexity index is 613. The predicted molar refractivity (Wildman–Crippen MR) is 68.3 cm³/mol. The molecule has 1 aromatic rings. The van der Waals surface area contributed by atoms with Gasteiger partial charge in [-0.15, -0.1) is 0 Å². The highest BCUT2D eigenvalue weighted by molar-refractivity contribution is 5.80. The maximum absolute atomic E-state index is 12.3. The zero-order valence-electron chi connectivity index (χ0n) is 11.1. The largest absolute Gasteiger partial charge is 0.481 e. The molecule has 0 radical (unpaired) electrons. The minimum atomic E-state index is -0.866. The van der Waals surface area contributed by atoms with E-state index in [0.717, 1.165) is 12.6 Å². The molecule has 21 heavy (non-hydrogen) atoms. The third-order valence-corrected chi connectivity index (χ3v) is 4.27. The van der Waals surface area contributed by atoms with Crippen molar-refractivity contribution in [2.75, 3.05) is 0 Å². The molecule has 3 heterocycles. The highest BCUT2D eigenvalue weighted by atomic mass is 16.6. The molecule has 0 aromatic carbocycles. The van der Waals surface area contributed by atoms with E-state index in [-0.39, 0.29) is 30.2 Å². The smallest absolute Gasteiger partial charge is 0.308 e. The van der Waals surface area contributed by atoms with E-state index in [9.17, 15) is 19.7 Å². The standard InChI is InChI=1S/C12H14N4O5/c17-11(6-14-5-8(4-13-14)16(20)21)15-7-1-2-10(15)9(3-7)12(18)19/h4-5,7,9-10H,1-3,6H2,(H,18,19). The maximum Gasteiger partial charge on any atom is 0.308 e. The van der Waals surface area contributed by atoms with Crippen LogP contribution < -0.4 is 0 Å². The second-order valence-electron chi connectivity index (χ2n) is 5.43. The first-order chi connectivity index (χ1) is 9.97. The number of hydrogen-bond donors (Lipinski definition) is 1. The summed E-state index contributed by atoms with van der Waals surface area (Å²) < 4.78 is 1.22. The Morgan fingerprint density at radius 1 is 1.48 bits per heavy atom. The average molecular weight is 294 g/mol. The van der Waals surface area contributed by atoms with Crippen molar-refractivity contribution >= 4 is 17.6 Å². The summed E-state index contributed by atoms with van der Waals surface area (Å²) in [5.74, 6) is -1.60. The summed E-state index contributed by atoms with van der Waals surface area (Å²) >= 11 is 0. The Kier molecular flexibility index (Phi) is 3.11. The second-order valence-corrected chi connectivity index (χ2v) is 5.43. The van der Waals surface area contributed by atoms with E-state index in [1.807, 2.05) is 0 Å². The number of aromatic nitrogens is 2. The van der Waals surface area contributed by atoms with Crippen molar-refractivity contribution in [3.63, 3.8) is 0 Å². The highest BCUT2D eigenvalue weighted by Crippen LogP contribution is 2.41. The Labute approximate surface area is 119 Å². The number of nitro groups is 1. The summed E-state index contributed by atoms with van der Waals surface area (Å²) in [6.07, 6.45) is 4.30. The van der Waals surface area contributed by atoms with Crippen molar-refractivity contribution < 1.29 is 19.6 Å². The lowest BCUT2D eigenvalue weighted by atomic mass is 9.89. The number of carbonyl (C=O) groups excluding carboxylic acids is 1. The molecule has 3 rings (SSSR count). The molecule has 2 aliphatic heterocycles. The molecular formula is C12H14N4O5. The van der Waals surface area contributed by atoms with Gasteiger partial charge in [0.25, 0.3) is 0 Å². The number of carbonyl (C=O) groups is 2. The van der Waals surface area contributed by atoms with Gasteiger partial charge in [0, 0.05) is 12.1 Å². The van der Waals surface area contributed by atoms with Crippen LogP contribution in [-0.2, 0) is 16.1 Å². The highest BCUT2D eigenvalue weighted by Gasteiger charge is 2.51. The average Bonchev–Trinajstić information content (AvgIpc) is 3.11. The molecule has 2 bridgehead atoms. The first-order valence-electron chi connectivity index (χ1n) is 6.68. The third-order valence-electron chi connectivity index (χ3n) is 4.27. The first kappa shape index (κ1) is 13.5. The van der Waals surface area contributed by atoms with Crippen LogP contribution in [0.4, 0.5) is 5.69 Å². The molecule has 9 nitrogen and oxygen atoms in total. The van der Waals surface area contributed by atoms with Gasteiger partial charge >= 0.3 is 11.7 Å². The lowest BCUT2D eigenvalue weighted by Crippen LogP contribution is -2.39. The van der Waals surface area contributed by atoms with Gasteiger partial charge in [-0.1, -0.05) is 0 Å². The van der Waals surface area contributed by atoms with Crippen molar-refractivity contribution in [1.82, 2.24) is 14.7 Å². The molecule has 0 aliphatic carbocycles. The second kappa shape index (κ2) is 4.83. The van der Waals surface area contributed by atoms with E-state index in [2.05, 4.69) is 5.10 Å². The fourth-order valence-corrected chi connectivity index (χ4v) is 3.40. The van der Waals surface area contributed by atoms with Crippen molar-refractivity contribution in [2.24, 2.45) is 5.92 Å². The van der Waals surface area contributed by atoms with Crippen molar-refractivity contribution in [3.8, 4) is 0 Å².